The summed E-state index contributed by atoms with van der Waals surface area (Å²) in [4.78, 5) is 2.56. The van der Waals surface area contributed by atoms with Crippen LogP contribution in [0.4, 0.5) is 5.69 Å². The summed E-state index contributed by atoms with van der Waals surface area (Å²) in [6.45, 7) is 2.33. The molecule has 92 valence electrons. The van der Waals surface area contributed by atoms with Crippen LogP contribution in [0.25, 0.3) is 0 Å². The van der Waals surface area contributed by atoms with Crippen molar-refractivity contribution in [3.8, 4) is 0 Å². The molecule has 0 amide bonds. The van der Waals surface area contributed by atoms with Gasteiger partial charge in [-0.2, -0.15) is 0 Å². The van der Waals surface area contributed by atoms with Crippen molar-refractivity contribution in [3.63, 3.8) is 0 Å². The van der Waals surface area contributed by atoms with E-state index in [2.05, 4.69) is 72.5 Å². The van der Waals surface area contributed by atoms with Crippen molar-refractivity contribution in [2.45, 2.75) is 31.8 Å². The second kappa shape index (κ2) is 4.85. The van der Waals surface area contributed by atoms with Crippen molar-refractivity contribution >= 4 is 5.69 Å². The van der Waals surface area contributed by atoms with Gasteiger partial charge in [0, 0.05) is 11.7 Å². The quantitative estimate of drug-likeness (QED) is 0.747. The number of para-hydroxylation sites is 1. The van der Waals surface area contributed by atoms with Gasteiger partial charge >= 0.3 is 0 Å². The minimum atomic E-state index is 0.531. The van der Waals surface area contributed by atoms with Crippen LogP contribution in [-0.4, -0.2) is 6.04 Å². The number of nitrogens with zero attached hydrogens (tertiary/aromatic N) is 1. The number of benzene rings is 2. The van der Waals surface area contributed by atoms with Crippen molar-refractivity contribution in [3.05, 3.63) is 66.2 Å². The van der Waals surface area contributed by atoms with Crippen LogP contribution in [0.2, 0.25) is 0 Å². The maximum atomic E-state index is 2.56. The highest BCUT2D eigenvalue weighted by Gasteiger charge is 2.31. The highest BCUT2D eigenvalue weighted by Crippen LogP contribution is 2.39. The minimum absolute atomic E-state index is 0.531. The standard InChI is InChI=1S/C17H19N/c1-14-12-13-17(15-8-4-2-5-9-15)18(14)16-10-6-3-7-11-16/h2-11,14,17H,12-13H2,1H3. The Morgan fingerprint density at radius 3 is 2.11 bits per heavy atom. The van der Waals surface area contributed by atoms with Crippen molar-refractivity contribution in [1.29, 1.82) is 0 Å². The van der Waals surface area contributed by atoms with E-state index in [-0.39, 0.29) is 0 Å². The summed E-state index contributed by atoms with van der Waals surface area (Å²) in [7, 11) is 0. The Bertz CT molecular complexity index is 492. The molecule has 1 nitrogen and oxygen atoms in total. The first-order valence-electron chi connectivity index (χ1n) is 6.74. The molecule has 0 aromatic heterocycles. The lowest BCUT2D eigenvalue weighted by molar-refractivity contribution is 0.683. The van der Waals surface area contributed by atoms with Crippen molar-refractivity contribution in [2.24, 2.45) is 0 Å². The monoisotopic (exact) mass is 237 g/mol. The molecule has 2 aromatic carbocycles. The Kier molecular flexibility index (Phi) is 3.06. The molecule has 0 spiro atoms. The fraction of sp³-hybridized carbons (Fsp3) is 0.294. The lowest BCUT2D eigenvalue weighted by atomic mass is 10.0. The lowest BCUT2D eigenvalue weighted by Gasteiger charge is -2.31. The average Bonchev–Trinajstić information content (AvgIpc) is 2.83. The third-order valence-corrected chi connectivity index (χ3v) is 3.91. The molecular weight excluding hydrogens is 218 g/mol. The normalized spacial score (nSPS) is 23.3. The number of hydrogen-bond acceptors (Lipinski definition) is 1. The summed E-state index contributed by atoms with van der Waals surface area (Å²) >= 11 is 0. The fourth-order valence-electron chi connectivity index (χ4n) is 3.02. The third-order valence-electron chi connectivity index (χ3n) is 3.91. The zero-order valence-corrected chi connectivity index (χ0v) is 10.8. The second-order valence-electron chi connectivity index (χ2n) is 5.10. The van der Waals surface area contributed by atoms with Gasteiger partial charge in [-0.15, -0.1) is 0 Å². The first-order chi connectivity index (χ1) is 8.86. The molecule has 1 heteroatoms. The second-order valence-corrected chi connectivity index (χ2v) is 5.10. The van der Waals surface area contributed by atoms with Crippen LogP contribution in [0.15, 0.2) is 60.7 Å². The van der Waals surface area contributed by atoms with E-state index in [0.29, 0.717) is 12.1 Å². The van der Waals surface area contributed by atoms with Crippen LogP contribution in [0.1, 0.15) is 31.4 Å². The summed E-state index contributed by atoms with van der Waals surface area (Å²) in [6, 6.07) is 22.8. The fourth-order valence-corrected chi connectivity index (χ4v) is 3.02. The number of anilines is 1. The third kappa shape index (κ3) is 2.01. The summed E-state index contributed by atoms with van der Waals surface area (Å²) in [6.07, 6.45) is 2.52. The van der Waals surface area contributed by atoms with E-state index in [9.17, 15) is 0 Å². The van der Waals surface area contributed by atoms with Crippen molar-refractivity contribution in [1.82, 2.24) is 0 Å². The van der Waals surface area contributed by atoms with Gasteiger partial charge in [-0.05, 0) is 37.5 Å². The molecule has 2 atom stereocenters. The van der Waals surface area contributed by atoms with Gasteiger partial charge in [0.05, 0.1) is 6.04 Å². The van der Waals surface area contributed by atoms with Crippen LogP contribution in [-0.2, 0) is 0 Å². The smallest absolute Gasteiger partial charge is 0.0546 e. The summed E-state index contributed by atoms with van der Waals surface area (Å²) in [5.74, 6) is 0. The van der Waals surface area contributed by atoms with E-state index in [1.807, 2.05) is 0 Å². The van der Waals surface area contributed by atoms with Gasteiger partial charge in [-0.3, -0.25) is 0 Å². The van der Waals surface area contributed by atoms with E-state index in [1.165, 1.54) is 24.1 Å². The van der Waals surface area contributed by atoms with Crippen LogP contribution in [0, 0.1) is 0 Å². The van der Waals surface area contributed by atoms with E-state index in [1.54, 1.807) is 0 Å². The van der Waals surface area contributed by atoms with Gasteiger partial charge < -0.3 is 4.90 Å². The van der Waals surface area contributed by atoms with Gasteiger partial charge in [0.2, 0.25) is 0 Å². The van der Waals surface area contributed by atoms with Crippen LogP contribution in [0.5, 0.6) is 0 Å². The topological polar surface area (TPSA) is 3.24 Å². The largest absolute Gasteiger partial charge is 0.362 e. The van der Waals surface area contributed by atoms with Crippen LogP contribution >= 0.6 is 0 Å². The summed E-state index contributed by atoms with van der Waals surface area (Å²) in [5, 5.41) is 0. The summed E-state index contributed by atoms with van der Waals surface area (Å²) < 4.78 is 0. The van der Waals surface area contributed by atoms with E-state index >= 15 is 0 Å². The van der Waals surface area contributed by atoms with E-state index in [4.69, 9.17) is 0 Å². The molecule has 1 saturated heterocycles. The molecule has 0 radical (unpaired) electrons. The minimum Gasteiger partial charge on any atom is -0.362 e. The molecule has 1 heterocycles. The maximum Gasteiger partial charge on any atom is 0.0546 e. The Hall–Kier alpha value is -1.76. The summed E-state index contributed by atoms with van der Waals surface area (Å²) in [5.41, 5.74) is 2.78. The molecule has 18 heavy (non-hydrogen) atoms. The average molecular weight is 237 g/mol. The Morgan fingerprint density at radius 2 is 1.44 bits per heavy atom. The van der Waals surface area contributed by atoms with E-state index in [0.717, 1.165) is 0 Å². The molecule has 0 aliphatic carbocycles. The van der Waals surface area contributed by atoms with Gasteiger partial charge in [0.15, 0.2) is 0 Å². The molecule has 3 rings (SSSR count). The molecule has 2 unspecified atom stereocenters. The Balaban J connectivity index is 1.96. The Labute approximate surface area is 109 Å². The van der Waals surface area contributed by atoms with Crippen molar-refractivity contribution < 1.29 is 0 Å². The highest BCUT2D eigenvalue weighted by atomic mass is 15.2. The van der Waals surface area contributed by atoms with Crippen molar-refractivity contribution in [2.75, 3.05) is 4.90 Å². The molecule has 0 saturated carbocycles. The first kappa shape index (κ1) is 11.3. The number of rotatable bonds is 2. The predicted octanol–water partition coefficient (Wildman–Crippen LogP) is 4.42. The zero-order chi connectivity index (χ0) is 12.4. The maximum absolute atomic E-state index is 2.56. The van der Waals surface area contributed by atoms with Crippen LogP contribution in [0.3, 0.4) is 0 Å². The van der Waals surface area contributed by atoms with Gasteiger partial charge in [-0.25, -0.2) is 0 Å². The number of hydrogen-bond donors (Lipinski definition) is 0. The highest BCUT2D eigenvalue weighted by molar-refractivity contribution is 5.51. The first-order valence-corrected chi connectivity index (χ1v) is 6.74. The zero-order valence-electron chi connectivity index (χ0n) is 10.8. The molecule has 2 aromatic rings. The predicted molar refractivity (Wildman–Crippen MR) is 76.8 cm³/mol. The Morgan fingerprint density at radius 1 is 0.833 bits per heavy atom. The van der Waals surface area contributed by atoms with Gasteiger partial charge in [0.1, 0.15) is 0 Å². The molecule has 0 bridgehead atoms. The molecule has 0 N–H and O–H groups in total. The van der Waals surface area contributed by atoms with Gasteiger partial charge in [-0.1, -0.05) is 48.5 Å². The lowest BCUT2D eigenvalue weighted by Crippen LogP contribution is -2.29. The van der Waals surface area contributed by atoms with Gasteiger partial charge in [0.25, 0.3) is 0 Å². The van der Waals surface area contributed by atoms with Crippen LogP contribution < -0.4 is 4.90 Å². The molecule has 1 fully saturated rings. The molecule has 1 aliphatic rings. The van der Waals surface area contributed by atoms with E-state index < -0.39 is 0 Å². The SMILES string of the molecule is CC1CCC(c2ccccc2)N1c1ccccc1. The molecular formula is C17H19N. The molecule has 1 aliphatic heterocycles.